The molecule has 0 fully saturated rings. The van der Waals surface area contributed by atoms with E-state index in [2.05, 4.69) is 9.47 Å². The summed E-state index contributed by atoms with van der Waals surface area (Å²) in [5.41, 5.74) is 0. The molecular weight excluding hydrogens is 208 g/mol. The van der Waals surface area contributed by atoms with Gasteiger partial charge in [-0.1, -0.05) is 0 Å². The van der Waals surface area contributed by atoms with Gasteiger partial charge in [-0.3, -0.25) is 0 Å². The Bertz CT molecular complexity index is 215. The standard InChI is InChI=1S/C8H14O7/c1-13-3-4-15-6(8(11)12)5(14-2)7(9)10/h5-6H,3-4H2,1-2H3,(H,9,10)(H,11,12). The number of hydrogen-bond acceptors (Lipinski definition) is 5. The number of ether oxygens (including phenoxy) is 3. The van der Waals surface area contributed by atoms with Crippen molar-refractivity contribution >= 4 is 11.9 Å². The minimum absolute atomic E-state index is 0.0133. The van der Waals surface area contributed by atoms with Gasteiger partial charge >= 0.3 is 11.9 Å². The van der Waals surface area contributed by atoms with Crippen molar-refractivity contribution in [2.75, 3.05) is 27.4 Å². The van der Waals surface area contributed by atoms with E-state index in [9.17, 15) is 9.59 Å². The molecule has 0 aromatic carbocycles. The maximum Gasteiger partial charge on any atom is 0.336 e. The zero-order valence-electron chi connectivity index (χ0n) is 8.50. The molecule has 88 valence electrons. The second-order valence-corrected chi connectivity index (χ2v) is 2.62. The molecule has 0 saturated carbocycles. The Labute approximate surface area is 86.5 Å². The highest BCUT2D eigenvalue weighted by Crippen LogP contribution is 2.04. The van der Waals surface area contributed by atoms with Crippen LogP contribution in [0, 0.1) is 0 Å². The third-order valence-electron chi connectivity index (χ3n) is 1.60. The van der Waals surface area contributed by atoms with E-state index in [0.29, 0.717) is 0 Å². The molecule has 0 rings (SSSR count). The van der Waals surface area contributed by atoms with Crippen LogP contribution in [0.1, 0.15) is 0 Å². The van der Waals surface area contributed by atoms with Crippen LogP contribution in [0.5, 0.6) is 0 Å². The summed E-state index contributed by atoms with van der Waals surface area (Å²) in [6, 6.07) is 0. The summed E-state index contributed by atoms with van der Waals surface area (Å²) >= 11 is 0. The molecular formula is C8H14O7. The first-order chi connectivity index (χ1) is 7.04. The molecule has 0 aliphatic heterocycles. The molecule has 7 nitrogen and oxygen atoms in total. The Kier molecular flexibility index (Phi) is 6.59. The first-order valence-electron chi connectivity index (χ1n) is 4.13. The van der Waals surface area contributed by atoms with Crippen LogP contribution in [0.3, 0.4) is 0 Å². The third-order valence-corrected chi connectivity index (χ3v) is 1.60. The molecule has 15 heavy (non-hydrogen) atoms. The lowest BCUT2D eigenvalue weighted by Gasteiger charge is -2.19. The second-order valence-electron chi connectivity index (χ2n) is 2.62. The Morgan fingerprint density at radius 2 is 1.60 bits per heavy atom. The van der Waals surface area contributed by atoms with Gasteiger partial charge in [-0.15, -0.1) is 0 Å². The van der Waals surface area contributed by atoms with Gasteiger partial charge in [0.1, 0.15) is 0 Å². The smallest absolute Gasteiger partial charge is 0.336 e. The van der Waals surface area contributed by atoms with Crippen LogP contribution in [0.25, 0.3) is 0 Å². The van der Waals surface area contributed by atoms with Crippen molar-refractivity contribution in [3.05, 3.63) is 0 Å². The van der Waals surface area contributed by atoms with Crippen LogP contribution >= 0.6 is 0 Å². The number of aliphatic carboxylic acids is 2. The van der Waals surface area contributed by atoms with Crippen LogP contribution in [-0.4, -0.2) is 61.8 Å². The highest BCUT2D eigenvalue weighted by Gasteiger charge is 2.34. The Hall–Kier alpha value is -1.18. The van der Waals surface area contributed by atoms with Crippen molar-refractivity contribution in [2.24, 2.45) is 0 Å². The predicted octanol–water partition coefficient (Wildman–Crippen LogP) is -0.798. The average Bonchev–Trinajstić information content (AvgIpc) is 2.16. The van der Waals surface area contributed by atoms with Gasteiger partial charge in [0.05, 0.1) is 13.2 Å². The fourth-order valence-corrected chi connectivity index (χ4v) is 0.901. The molecule has 7 heteroatoms. The SMILES string of the molecule is COCCOC(C(=O)O)C(OC)C(=O)O. The highest BCUT2D eigenvalue weighted by molar-refractivity contribution is 5.83. The fourth-order valence-electron chi connectivity index (χ4n) is 0.901. The minimum Gasteiger partial charge on any atom is -0.479 e. The highest BCUT2D eigenvalue weighted by atomic mass is 16.6. The van der Waals surface area contributed by atoms with Gasteiger partial charge in [0.15, 0.2) is 12.2 Å². The summed E-state index contributed by atoms with van der Waals surface area (Å²) in [5, 5.41) is 17.4. The van der Waals surface area contributed by atoms with Crippen LogP contribution in [0.4, 0.5) is 0 Å². The Balaban J connectivity index is 4.35. The van der Waals surface area contributed by atoms with E-state index in [1.807, 2.05) is 0 Å². The number of methoxy groups -OCH3 is 2. The number of carboxylic acid groups (broad SMARTS) is 2. The van der Waals surface area contributed by atoms with Crippen molar-refractivity contribution in [3.63, 3.8) is 0 Å². The monoisotopic (exact) mass is 222 g/mol. The van der Waals surface area contributed by atoms with E-state index in [1.165, 1.54) is 7.11 Å². The molecule has 0 aliphatic rings. The predicted molar refractivity (Wildman–Crippen MR) is 47.7 cm³/mol. The van der Waals surface area contributed by atoms with E-state index in [4.69, 9.17) is 14.9 Å². The minimum atomic E-state index is -1.54. The van der Waals surface area contributed by atoms with E-state index in [1.54, 1.807) is 0 Å². The fraction of sp³-hybridized carbons (Fsp3) is 0.750. The maximum atomic E-state index is 10.7. The summed E-state index contributed by atoms with van der Waals surface area (Å²) in [4.78, 5) is 21.3. The van der Waals surface area contributed by atoms with Crippen LogP contribution in [-0.2, 0) is 23.8 Å². The lowest BCUT2D eigenvalue weighted by molar-refractivity contribution is -0.174. The topological polar surface area (TPSA) is 102 Å². The molecule has 2 N–H and O–H groups in total. The number of rotatable bonds is 8. The van der Waals surface area contributed by atoms with E-state index in [0.717, 1.165) is 7.11 Å². The summed E-state index contributed by atoms with van der Waals surface area (Å²) in [7, 11) is 2.53. The van der Waals surface area contributed by atoms with E-state index >= 15 is 0 Å². The maximum absolute atomic E-state index is 10.7. The summed E-state index contributed by atoms with van der Waals surface area (Å²) in [5.74, 6) is -2.78. The Morgan fingerprint density at radius 3 is 1.93 bits per heavy atom. The molecule has 0 saturated heterocycles. The summed E-state index contributed by atoms with van der Waals surface area (Å²) in [6.07, 6.45) is -3.07. The molecule has 0 amide bonds. The van der Waals surface area contributed by atoms with Gasteiger partial charge in [-0.05, 0) is 0 Å². The molecule has 0 spiro atoms. The van der Waals surface area contributed by atoms with Crippen molar-refractivity contribution in [2.45, 2.75) is 12.2 Å². The van der Waals surface area contributed by atoms with Gasteiger partial charge in [0.25, 0.3) is 0 Å². The molecule has 0 bridgehead atoms. The number of hydrogen-bond donors (Lipinski definition) is 2. The summed E-state index contributed by atoms with van der Waals surface area (Å²) in [6.45, 7) is 0.167. The van der Waals surface area contributed by atoms with Gasteiger partial charge in [0, 0.05) is 14.2 Å². The van der Waals surface area contributed by atoms with Crippen LogP contribution < -0.4 is 0 Å². The molecule has 0 aliphatic carbocycles. The van der Waals surface area contributed by atoms with Gasteiger partial charge in [-0.25, -0.2) is 9.59 Å². The molecule has 0 aromatic heterocycles. The lowest BCUT2D eigenvalue weighted by Crippen LogP contribution is -2.43. The number of carbonyl (C=O) groups is 2. The zero-order valence-corrected chi connectivity index (χ0v) is 8.50. The zero-order chi connectivity index (χ0) is 11.8. The van der Waals surface area contributed by atoms with Crippen LogP contribution in [0.2, 0.25) is 0 Å². The van der Waals surface area contributed by atoms with Crippen molar-refractivity contribution in [1.29, 1.82) is 0 Å². The molecule has 0 radical (unpaired) electrons. The molecule has 2 unspecified atom stereocenters. The normalized spacial score (nSPS) is 14.5. The quantitative estimate of drug-likeness (QED) is 0.518. The number of carboxylic acids is 2. The largest absolute Gasteiger partial charge is 0.479 e. The van der Waals surface area contributed by atoms with E-state index in [-0.39, 0.29) is 13.2 Å². The van der Waals surface area contributed by atoms with Gasteiger partial charge in [-0.2, -0.15) is 0 Å². The first kappa shape index (κ1) is 13.8. The van der Waals surface area contributed by atoms with Crippen LogP contribution in [0.15, 0.2) is 0 Å². The van der Waals surface area contributed by atoms with E-state index < -0.39 is 24.1 Å². The summed E-state index contributed by atoms with van der Waals surface area (Å²) < 4.78 is 14.0. The average molecular weight is 222 g/mol. The van der Waals surface area contributed by atoms with Crippen molar-refractivity contribution in [1.82, 2.24) is 0 Å². The van der Waals surface area contributed by atoms with Crippen molar-refractivity contribution < 1.29 is 34.0 Å². The Morgan fingerprint density at radius 1 is 1.07 bits per heavy atom. The van der Waals surface area contributed by atoms with Gasteiger partial charge < -0.3 is 24.4 Å². The third kappa shape index (κ3) is 4.73. The molecule has 0 aromatic rings. The first-order valence-corrected chi connectivity index (χ1v) is 4.13. The molecule has 0 heterocycles. The lowest BCUT2D eigenvalue weighted by atomic mass is 10.2. The van der Waals surface area contributed by atoms with Crippen molar-refractivity contribution in [3.8, 4) is 0 Å². The second kappa shape index (κ2) is 7.16. The molecule has 2 atom stereocenters. The van der Waals surface area contributed by atoms with Gasteiger partial charge in [0.2, 0.25) is 0 Å².